The molecular formula is C26H24N2O3. The second-order valence-corrected chi connectivity index (χ2v) is 6.67. The molecule has 0 aliphatic rings. The van der Waals surface area contributed by atoms with E-state index in [0.717, 1.165) is 11.1 Å². The van der Waals surface area contributed by atoms with Gasteiger partial charge in [-0.2, -0.15) is 0 Å². The van der Waals surface area contributed by atoms with Crippen LogP contribution in [0.5, 0.6) is 5.75 Å². The van der Waals surface area contributed by atoms with Gasteiger partial charge in [0.15, 0.2) is 0 Å². The van der Waals surface area contributed by atoms with Crippen molar-refractivity contribution in [3.05, 3.63) is 119 Å². The minimum atomic E-state index is -0.424. The van der Waals surface area contributed by atoms with Gasteiger partial charge in [0.2, 0.25) is 0 Å². The van der Waals surface area contributed by atoms with E-state index < -0.39 is 5.91 Å². The second-order valence-electron chi connectivity index (χ2n) is 6.67. The van der Waals surface area contributed by atoms with E-state index in [-0.39, 0.29) is 11.6 Å². The van der Waals surface area contributed by atoms with Crippen LogP contribution < -0.4 is 15.4 Å². The zero-order valence-electron chi connectivity index (χ0n) is 17.2. The molecule has 3 aromatic carbocycles. The van der Waals surface area contributed by atoms with Crippen LogP contribution in [0.2, 0.25) is 0 Å². The number of hydrogen-bond acceptors (Lipinski definition) is 3. The summed E-state index contributed by atoms with van der Waals surface area (Å²) in [5.74, 6) is -0.375. The standard InChI is InChI=1S/C26H24N2O3/c1-31-24-18-9-8-16-22(24)25(29)28-23(17-10-15-20-11-4-2-5-12-20)26(30)27-19-21-13-6-3-7-14-21/h2-18H,19H2,1H3,(H,27,30)(H,28,29). The monoisotopic (exact) mass is 412 g/mol. The molecule has 0 aromatic heterocycles. The van der Waals surface area contributed by atoms with Gasteiger partial charge in [0, 0.05) is 6.54 Å². The maximum Gasteiger partial charge on any atom is 0.268 e. The van der Waals surface area contributed by atoms with Gasteiger partial charge >= 0.3 is 0 Å². The lowest BCUT2D eigenvalue weighted by atomic mass is 10.1. The summed E-state index contributed by atoms with van der Waals surface area (Å²) in [6, 6.07) is 26.1. The molecule has 0 saturated heterocycles. The molecule has 0 radical (unpaired) electrons. The number of carbonyl (C=O) groups excluding carboxylic acids is 2. The fourth-order valence-corrected chi connectivity index (χ4v) is 2.89. The molecular weight excluding hydrogens is 388 g/mol. The second kappa shape index (κ2) is 11.2. The molecule has 5 nitrogen and oxygen atoms in total. The van der Waals surface area contributed by atoms with Crippen molar-refractivity contribution >= 4 is 17.9 Å². The lowest BCUT2D eigenvalue weighted by molar-refractivity contribution is -0.118. The van der Waals surface area contributed by atoms with Crippen LogP contribution in [0.25, 0.3) is 6.08 Å². The first-order valence-electron chi connectivity index (χ1n) is 9.87. The molecule has 0 spiro atoms. The summed E-state index contributed by atoms with van der Waals surface area (Å²) >= 11 is 0. The summed E-state index contributed by atoms with van der Waals surface area (Å²) in [4.78, 5) is 25.6. The fraction of sp³-hybridized carbons (Fsp3) is 0.0769. The molecule has 2 N–H and O–H groups in total. The Labute approximate surface area is 182 Å². The molecule has 0 saturated carbocycles. The molecule has 0 atom stereocenters. The quantitative estimate of drug-likeness (QED) is 0.427. The molecule has 31 heavy (non-hydrogen) atoms. The Morgan fingerprint density at radius 1 is 0.871 bits per heavy atom. The third-order valence-corrected chi connectivity index (χ3v) is 4.49. The summed E-state index contributed by atoms with van der Waals surface area (Å²) in [7, 11) is 1.50. The number of hydrogen-bond donors (Lipinski definition) is 2. The Kier molecular flexibility index (Phi) is 7.77. The molecule has 0 fully saturated rings. The van der Waals surface area contributed by atoms with Gasteiger partial charge in [0.25, 0.3) is 11.8 Å². The number of carbonyl (C=O) groups is 2. The Bertz CT molecular complexity index is 1070. The Morgan fingerprint density at radius 2 is 1.52 bits per heavy atom. The average Bonchev–Trinajstić information content (AvgIpc) is 2.83. The average molecular weight is 412 g/mol. The Morgan fingerprint density at radius 3 is 2.23 bits per heavy atom. The van der Waals surface area contributed by atoms with Crippen LogP contribution in [0.1, 0.15) is 21.5 Å². The summed E-state index contributed by atoms with van der Waals surface area (Å²) in [6.45, 7) is 0.351. The number of ether oxygens (including phenoxy) is 1. The smallest absolute Gasteiger partial charge is 0.268 e. The van der Waals surface area contributed by atoms with Crippen molar-refractivity contribution in [2.45, 2.75) is 6.54 Å². The molecule has 3 aromatic rings. The van der Waals surface area contributed by atoms with Crippen molar-refractivity contribution in [3.8, 4) is 5.75 Å². The van der Waals surface area contributed by atoms with Gasteiger partial charge in [-0.25, -0.2) is 0 Å². The van der Waals surface area contributed by atoms with Crippen LogP contribution in [0.3, 0.4) is 0 Å². The highest BCUT2D eigenvalue weighted by Crippen LogP contribution is 2.17. The number of amides is 2. The summed E-state index contributed by atoms with van der Waals surface area (Å²) in [5.41, 5.74) is 2.43. The summed E-state index contributed by atoms with van der Waals surface area (Å²) in [6.07, 6.45) is 5.18. The molecule has 0 heterocycles. The molecule has 0 bridgehead atoms. The van der Waals surface area contributed by atoms with Gasteiger partial charge in [-0.1, -0.05) is 84.9 Å². The van der Waals surface area contributed by atoms with Gasteiger partial charge in [-0.3, -0.25) is 9.59 Å². The van der Waals surface area contributed by atoms with E-state index in [2.05, 4.69) is 10.6 Å². The molecule has 156 valence electrons. The first kappa shape index (κ1) is 21.6. The topological polar surface area (TPSA) is 67.4 Å². The van der Waals surface area contributed by atoms with Crippen molar-refractivity contribution < 1.29 is 14.3 Å². The number of nitrogens with one attached hydrogen (secondary N) is 2. The molecule has 0 unspecified atom stereocenters. The highest BCUT2D eigenvalue weighted by Gasteiger charge is 2.16. The minimum absolute atomic E-state index is 0.138. The normalized spacial score (nSPS) is 11.2. The van der Waals surface area contributed by atoms with Crippen molar-refractivity contribution in [2.24, 2.45) is 0 Å². The number of rotatable bonds is 8. The van der Waals surface area contributed by atoms with E-state index in [4.69, 9.17) is 4.74 Å². The van der Waals surface area contributed by atoms with E-state index in [0.29, 0.717) is 17.9 Å². The number of para-hydroxylation sites is 1. The summed E-state index contributed by atoms with van der Waals surface area (Å²) in [5, 5.41) is 5.56. The zero-order chi connectivity index (χ0) is 21.9. The fourth-order valence-electron chi connectivity index (χ4n) is 2.89. The minimum Gasteiger partial charge on any atom is -0.496 e. The first-order chi connectivity index (χ1) is 15.2. The van der Waals surface area contributed by atoms with Crippen LogP contribution in [-0.4, -0.2) is 18.9 Å². The van der Waals surface area contributed by atoms with Crippen LogP contribution in [0, 0.1) is 0 Å². The molecule has 0 aliphatic heterocycles. The van der Waals surface area contributed by atoms with Crippen LogP contribution >= 0.6 is 0 Å². The van der Waals surface area contributed by atoms with Crippen molar-refractivity contribution in [1.82, 2.24) is 10.6 Å². The lowest BCUT2D eigenvalue weighted by Crippen LogP contribution is -2.34. The predicted octanol–water partition coefficient (Wildman–Crippen LogP) is 4.34. The zero-order valence-corrected chi connectivity index (χ0v) is 17.2. The number of allylic oxidation sites excluding steroid dienone is 2. The number of methoxy groups -OCH3 is 1. The van der Waals surface area contributed by atoms with Gasteiger partial charge in [-0.05, 0) is 29.3 Å². The Balaban J connectivity index is 1.79. The largest absolute Gasteiger partial charge is 0.496 e. The van der Waals surface area contributed by atoms with Crippen LogP contribution in [-0.2, 0) is 11.3 Å². The van der Waals surface area contributed by atoms with E-state index in [9.17, 15) is 9.59 Å². The van der Waals surface area contributed by atoms with Gasteiger partial charge in [0.05, 0.1) is 12.7 Å². The SMILES string of the molecule is COc1ccccc1C(=O)NC(=CC=Cc1ccccc1)C(=O)NCc1ccccc1. The predicted molar refractivity (Wildman–Crippen MR) is 122 cm³/mol. The van der Waals surface area contributed by atoms with E-state index in [1.807, 2.05) is 66.7 Å². The van der Waals surface area contributed by atoms with Crippen LogP contribution in [0.4, 0.5) is 0 Å². The maximum atomic E-state index is 12.8. The number of benzene rings is 3. The van der Waals surface area contributed by atoms with Crippen molar-refractivity contribution in [2.75, 3.05) is 7.11 Å². The summed E-state index contributed by atoms with van der Waals surface area (Å²) < 4.78 is 5.26. The third-order valence-electron chi connectivity index (χ3n) is 4.49. The van der Waals surface area contributed by atoms with Gasteiger partial charge in [0.1, 0.15) is 11.4 Å². The van der Waals surface area contributed by atoms with Crippen molar-refractivity contribution in [1.29, 1.82) is 0 Å². The third kappa shape index (κ3) is 6.44. The first-order valence-corrected chi connectivity index (χ1v) is 9.87. The highest BCUT2D eigenvalue weighted by molar-refractivity contribution is 6.04. The highest BCUT2D eigenvalue weighted by atomic mass is 16.5. The van der Waals surface area contributed by atoms with E-state index in [1.54, 1.807) is 36.4 Å². The molecule has 2 amide bonds. The molecule has 3 rings (SSSR count). The van der Waals surface area contributed by atoms with E-state index in [1.165, 1.54) is 7.11 Å². The van der Waals surface area contributed by atoms with E-state index >= 15 is 0 Å². The Hall–Kier alpha value is -4.12. The molecule has 0 aliphatic carbocycles. The lowest BCUT2D eigenvalue weighted by Gasteiger charge is -2.12. The maximum absolute atomic E-state index is 12.8. The van der Waals surface area contributed by atoms with Crippen LogP contribution in [0.15, 0.2) is 103 Å². The van der Waals surface area contributed by atoms with Gasteiger partial charge < -0.3 is 15.4 Å². The molecule has 5 heteroatoms. The van der Waals surface area contributed by atoms with Crippen molar-refractivity contribution in [3.63, 3.8) is 0 Å². The van der Waals surface area contributed by atoms with Gasteiger partial charge in [-0.15, -0.1) is 0 Å².